The second kappa shape index (κ2) is 4.80. The molecule has 0 saturated heterocycles. The van der Waals surface area contributed by atoms with E-state index in [9.17, 15) is 0 Å². The van der Waals surface area contributed by atoms with E-state index in [4.69, 9.17) is 5.73 Å². The Balaban J connectivity index is 2.54. The van der Waals surface area contributed by atoms with Crippen LogP contribution in [0.1, 0.15) is 43.4 Å². The van der Waals surface area contributed by atoms with Gasteiger partial charge in [0.2, 0.25) is 0 Å². The maximum Gasteiger partial charge on any atom is 0.00971 e. The number of hydrogen-bond donors (Lipinski definition) is 1. The van der Waals surface area contributed by atoms with Crippen LogP contribution in [-0.2, 0) is 6.42 Å². The lowest BCUT2D eigenvalue weighted by atomic mass is 9.94. The smallest absolute Gasteiger partial charge is 0.00971 e. The van der Waals surface area contributed by atoms with E-state index in [0.29, 0.717) is 0 Å². The quantitative estimate of drug-likeness (QED) is 0.801. The Bertz CT molecular complexity index is 321. The first-order valence-electron chi connectivity index (χ1n) is 5.73. The van der Waals surface area contributed by atoms with Crippen LogP contribution in [0.3, 0.4) is 0 Å². The molecule has 1 rings (SSSR count). The summed E-state index contributed by atoms with van der Waals surface area (Å²) >= 11 is 0. The molecule has 0 aliphatic heterocycles. The van der Waals surface area contributed by atoms with Crippen LogP contribution in [-0.4, -0.2) is 5.54 Å². The average Bonchev–Trinajstić information content (AvgIpc) is 2.09. The van der Waals surface area contributed by atoms with Crippen molar-refractivity contribution in [3.63, 3.8) is 0 Å². The van der Waals surface area contributed by atoms with Crippen LogP contribution in [0.15, 0.2) is 18.2 Å². The minimum Gasteiger partial charge on any atom is -0.326 e. The third-order valence-electron chi connectivity index (χ3n) is 2.77. The fourth-order valence-corrected chi connectivity index (χ4v) is 1.80. The number of benzene rings is 1. The summed E-state index contributed by atoms with van der Waals surface area (Å²) in [4.78, 5) is 0. The summed E-state index contributed by atoms with van der Waals surface area (Å²) in [6, 6.07) is 6.67. The van der Waals surface area contributed by atoms with Crippen LogP contribution in [0.2, 0.25) is 0 Å². The number of rotatable bonds is 4. The van der Waals surface area contributed by atoms with Gasteiger partial charge in [-0.05, 0) is 58.1 Å². The fraction of sp³-hybridized carbons (Fsp3) is 0.571. The van der Waals surface area contributed by atoms with E-state index in [0.717, 1.165) is 12.8 Å². The monoisotopic (exact) mass is 205 g/mol. The van der Waals surface area contributed by atoms with Crippen molar-refractivity contribution < 1.29 is 0 Å². The highest BCUT2D eigenvalue weighted by atomic mass is 14.7. The molecule has 0 spiro atoms. The zero-order valence-corrected chi connectivity index (χ0v) is 10.4. The van der Waals surface area contributed by atoms with E-state index in [-0.39, 0.29) is 5.54 Å². The Hall–Kier alpha value is -0.820. The summed E-state index contributed by atoms with van der Waals surface area (Å²) in [5.74, 6) is 0. The maximum absolute atomic E-state index is 5.97. The van der Waals surface area contributed by atoms with E-state index in [1.165, 1.54) is 23.1 Å². The van der Waals surface area contributed by atoms with Gasteiger partial charge >= 0.3 is 0 Å². The molecular formula is C14H23N. The Kier molecular flexibility index (Phi) is 3.92. The number of aryl methyl sites for hydroxylation is 3. The molecule has 1 nitrogen and oxygen atoms in total. The summed E-state index contributed by atoms with van der Waals surface area (Å²) in [6.45, 7) is 8.52. The highest BCUT2D eigenvalue weighted by Gasteiger charge is 2.10. The van der Waals surface area contributed by atoms with Crippen molar-refractivity contribution >= 4 is 0 Å². The first-order valence-corrected chi connectivity index (χ1v) is 5.73. The van der Waals surface area contributed by atoms with E-state index in [1.807, 2.05) is 0 Å². The zero-order valence-electron chi connectivity index (χ0n) is 10.4. The molecule has 0 amide bonds. The molecule has 0 heterocycles. The molecule has 15 heavy (non-hydrogen) atoms. The van der Waals surface area contributed by atoms with E-state index in [1.54, 1.807) is 0 Å². The molecule has 0 aliphatic carbocycles. The van der Waals surface area contributed by atoms with Crippen LogP contribution in [0.5, 0.6) is 0 Å². The topological polar surface area (TPSA) is 26.0 Å². The summed E-state index contributed by atoms with van der Waals surface area (Å²) in [6.07, 6.45) is 3.41. The lowest BCUT2D eigenvalue weighted by Crippen LogP contribution is -2.31. The van der Waals surface area contributed by atoms with Gasteiger partial charge in [0.05, 0.1) is 0 Å². The van der Waals surface area contributed by atoms with Crippen molar-refractivity contribution in [2.75, 3.05) is 0 Å². The lowest BCUT2D eigenvalue weighted by molar-refractivity contribution is 0.459. The van der Waals surface area contributed by atoms with Gasteiger partial charge in [-0.1, -0.05) is 23.8 Å². The van der Waals surface area contributed by atoms with Crippen LogP contribution in [0, 0.1) is 13.8 Å². The van der Waals surface area contributed by atoms with Crippen LogP contribution < -0.4 is 5.73 Å². The SMILES string of the molecule is Cc1ccc(C)c(CCCC(C)(C)N)c1. The average molecular weight is 205 g/mol. The van der Waals surface area contributed by atoms with Gasteiger partial charge in [-0.25, -0.2) is 0 Å². The third-order valence-corrected chi connectivity index (χ3v) is 2.77. The Morgan fingerprint density at radius 2 is 1.87 bits per heavy atom. The Labute approximate surface area is 93.7 Å². The molecule has 1 aromatic rings. The second-order valence-electron chi connectivity index (χ2n) is 5.27. The van der Waals surface area contributed by atoms with E-state index < -0.39 is 0 Å². The zero-order chi connectivity index (χ0) is 11.5. The minimum atomic E-state index is -0.0300. The third kappa shape index (κ3) is 4.48. The first kappa shape index (κ1) is 12.3. The number of hydrogen-bond acceptors (Lipinski definition) is 1. The van der Waals surface area contributed by atoms with Crippen LogP contribution in [0.25, 0.3) is 0 Å². The van der Waals surface area contributed by atoms with Crippen LogP contribution in [0.4, 0.5) is 0 Å². The van der Waals surface area contributed by atoms with Crippen molar-refractivity contribution in [1.82, 2.24) is 0 Å². The molecule has 0 atom stereocenters. The molecule has 1 heteroatoms. The van der Waals surface area contributed by atoms with E-state index >= 15 is 0 Å². The highest BCUT2D eigenvalue weighted by molar-refractivity contribution is 5.30. The molecule has 0 radical (unpaired) electrons. The molecule has 0 bridgehead atoms. The molecular weight excluding hydrogens is 182 g/mol. The minimum absolute atomic E-state index is 0.0300. The summed E-state index contributed by atoms with van der Waals surface area (Å²) < 4.78 is 0. The van der Waals surface area contributed by atoms with E-state index in [2.05, 4.69) is 45.9 Å². The molecule has 0 saturated carbocycles. The van der Waals surface area contributed by atoms with Crippen LogP contribution >= 0.6 is 0 Å². The summed E-state index contributed by atoms with van der Waals surface area (Å²) in [7, 11) is 0. The van der Waals surface area contributed by atoms with Crippen molar-refractivity contribution in [1.29, 1.82) is 0 Å². The molecule has 0 aliphatic rings. The van der Waals surface area contributed by atoms with Crippen molar-refractivity contribution in [3.05, 3.63) is 34.9 Å². The Morgan fingerprint density at radius 3 is 2.47 bits per heavy atom. The first-order chi connectivity index (χ1) is 6.88. The molecule has 0 fully saturated rings. The predicted molar refractivity (Wildman–Crippen MR) is 67.1 cm³/mol. The lowest BCUT2D eigenvalue weighted by Gasteiger charge is -2.18. The van der Waals surface area contributed by atoms with Gasteiger partial charge in [0.25, 0.3) is 0 Å². The standard InChI is InChI=1S/C14H23N/c1-11-7-8-12(2)13(10-11)6-5-9-14(3,4)15/h7-8,10H,5-6,9,15H2,1-4H3. The Morgan fingerprint density at radius 1 is 1.20 bits per heavy atom. The molecule has 1 aromatic carbocycles. The van der Waals surface area contributed by atoms with Crippen molar-refractivity contribution in [2.45, 2.75) is 52.5 Å². The summed E-state index contributed by atoms with van der Waals surface area (Å²) in [5, 5.41) is 0. The van der Waals surface area contributed by atoms with Gasteiger partial charge in [-0.3, -0.25) is 0 Å². The maximum atomic E-state index is 5.97. The predicted octanol–water partition coefficient (Wildman–Crippen LogP) is 3.36. The summed E-state index contributed by atoms with van der Waals surface area (Å²) in [5.41, 5.74) is 10.2. The molecule has 2 N–H and O–H groups in total. The highest BCUT2D eigenvalue weighted by Crippen LogP contribution is 2.16. The van der Waals surface area contributed by atoms with Gasteiger partial charge in [0.1, 0.15) is 0 Å². The van der Waals surface area contributed by atoms with Crippen molar-refractivity contribution in [2.24, 2.45) is 5.73 Å². The van der Waals surface area contributed by atoms with Gasteiger partial charge < -0.3 is 5.73 Å². The fourth-order valence-electron chi connectivity index (χ4n) is 1.80. The second-order valence-corrected chi connectivity index (χ2v) is 5.27. The van der Waals surface area contributed by atoms with Gasteiger partial charge in [-0.2, -0.15) is 0 Å². The molecule has 0 aromatic heterocycles. The normalized spacial score (nSPS) is 11.8. The van der Waals surface area contributed by atoms with Gasteiger partial charge in [0.15, 0.2) is 0 Å². The number of nitrogens with two attached hydrogens (primary N) is 1. The largest absolute Gasteiger partial charge is 0.326 e. The molecule has 84 valence electrons. The van der Waals surface area contributed by atoms with Gasteiger partial charge in [-0.15, -0.1) is 0 Å². The van der Waals surface area contributed by atoms with Crippen molar-refractivity contribution in [3.8, 4) is 0 Å². The van der Waals surface area contributed by atoms with Gasteiger partial charge in [0, 0.05) is 5.54 Å². The molecule has 0 unspecified atom stereocenters.